The van der Waals surface area contributed by atoms with Crippen LogP contribution in [0.3, 0.4) is 0 Å². The molecule has 1 aromatic rings. The van der Waals surface area contributed by atoms with E-state index in [1.165, 1.54) is 37.1 Å². The first-order valence-corrected chi connectivity index (χ1v) is 6.26. The second-order valence-corrected chi connectivity index (χ2v) is 4.87. The summed E-state index contributed by atoms with van der Waals surface area (Å²) in [7, 11) is 4.24. The molecule has 1 saturated heterocycles. The summed E-state index contributed by atoms with van der Waals surface area (Å²) in [5.74, 6) is 0. The molecule has 2 nitrogen and oxygen atoms in total. The van der Waals surface area contributed by atoms with Gasteiger partial charge in [0.25, 0.3) is 0 Å². The minimum atomic E-state index is 0.676. The van der Waals surface area contributed by atoms with Gasteiger partial charge in [0, 0.05) is 25.8 Å². The van der Waals surface area contributed by atoms with E-state index in [-0.39, 0.29) is 0 Å². The van der Waals surface area contributed by atoms with Gasteiger partial charge in [-0.05, 0) is 37.4 Å². The Morgan fingerprint density at radius 1 is 1.25 bits per heavy atom. The van der Waals surface area contributed by atoms with Crippen LogP contribution in [-0.2, 0) is 6.42 Å². The summed E-state index contributed by atoms with van der Waals surface area (Å²) < 4.78 is 0. The normalized spacial score (nSPS) is 20.8. The number of para-hydroxylation sites is 1. The van der Waals surface area contributed by atoms with Crippen molar-refractivity contribution >= 4 is 5.69 Å². The van der Waals surface area contributed by atoms with Gasteiger partial charge in [0.2, 0.25) is 0 Å². The zero-order chi connectivity index (χ0) is 11.4. The molecule has 1 fully saturated rings. The Labute approximate surface area is 98.7 Å². The second kappa shape index (κ2) is 5.35. The Morgan fingerprint density at radius 2 is 2.06 bits per heavy atom. The summed E-state index contributed by atoms with van der Waals surface area (Å²) in [6.45, 7) is 1.19. The summed E-state index contributed by atoms with van der Waals surface area (Å²) in [5.41, 5.74) is 2.82. The van der Waals surface area contributed by atoms with Crippen LogP contribution in [0.5, 0.6) is 0 Å². The molecule has 1 unspecified atom stereocenters. The van der Waals surface area contributed by atoms with Crippen LogP contribution < -0.4 is 10.2 Å². The van der Waals surface area contributed by atoms with E-state index in [0.29, 0.717) is 6.04 Å². The Kier molecular flexibility index (Phi) is 3.83. The topological polar surface area (TPSA) is 15.3 Å². The van der Waals surface area contributed by atoms with E-state index in [1.807, 2.05) is 0 Å². The number of nitrogens with one attached hydrogen (secondary N) is 1. The first-order valence-electron chi connectivity index (χ1n) is 6.26. The highest BCUT2D eigenvalue weighted by Crippen LogP contribution is 2.21. The van der Waals surface area contributed by atoms with Crippen LogP contribution in [0.4, 0.5) is 5.69 Å². The average Bonchev–Trinajstić information content (AvgIpc) is 2.31. The van der Waals surface area contributed by atoms with E-state index in [0.717, 1.165) is 6.42 Å². The molecule has 0 aliphatic carbocycles. The maximum atomic E-state index is 3.62. The number of benzene rings is 1. The molecule has 2 rings (SSSR count). The van der Waals surface area contributed by atoms with Gasteiger partial charge in [-0.3, -0.25) is 0 Å². The van der Waals surface area contributed by atoms with Crippen LogP contribution in [0, 0.1) is 0 Å². The Bertz CT molecular complexity index is 327. The van der Waals surface area contributed by atoms with E-state index in [2.05, 4.69) is 48.6 Å². The zero-order valence-corrected chi connectivity index (χ0v) is 10.4. The predicted octanol–water partition coefficient (Wildman–Crippen LogP) is 2.44. The maximum Gasteiger partial charge on any atom is 0.0394 e. The molecular weight excluding hydrogens is 196 g/mol. The van der Waals surface area contributed by atoms with E-state index < -0.39 is 0 Å². The van der Waals surface area contributed by atoms with Gasteiger partial charge >= 0.3 is 0 Å². The van der Waals surface area contributed by atoms with Gasteiger partial charge in [-0.15, -0.1) is 0 Å². The maximum absolute atomic E-state index is 3.62. The predicted molar refractivity (Wildman–Crippen MR) is 70.1 cm³/mol. The smallest absolute Gasteiger partial charge is 0.0394 e. The second-order valence-electron chi connectivity index (χ2n) is 4.87. The van der Waals surface area contributed by atoms with E-state index in [1.54, 1.807) is 0 Å². The SMILES string of the molecule is CN(C)c1ccccc1CC1CCCCN1. The van der Waals surface area contributed by atoms with Crippen LogP contribution in [0.15, 0.2) is 24.3 Å². The fourth-order valence-corrected chi connectivity index (χ4v) is 2.48. The van der Waals surface area contributed by atoms with Gasteiger partial charge in [0.05, 0.1) is 0 Å². The van der Waals surface area contributed by atoms with Crippen molar-refractivity contribution < 1.29 is 0 Å². The molecule has 1 N–H and O–H groups in total. The molecule has 0 amide bonds. The number of anilines is 1. The molecule has 16 heavy (non-hydrogen) atoms. The summed E-state index contributed by atoms with van der Waals surface area (Å²) in [4.78, 5) is 2.21. The molecule has 88 valence electrons. The van der Waals surface area contributed by atoms with Crippen molar-refractivity contribution in [1.29, 1.82) is 0 Å². The van der Waals surface area contributed by atoms with Crippen molar-refractivity contribution in [3.63, 3.8) is 0 Å². The lowest BCUT2D eigenvalue weighted by Crippen LogP contribution is -2.35. The van der Waals surface area contributed by atoms with Gasteiger partial charge in [0.1, 0.15) is 0 Å². The number of hydrogen-bond acceptors (Lipinski definition) is 2. The molecule has 2 heteroatoms. The van der Waals surface area contributed by atoms with Crippen molar-refractivity contribution in [1.82, 2.24) is 5.32 Å². The number of nitrogens with zero attached hydrogens (tertiary/aromatic N) is 1. The summed E-state index contributed by atoms with van der Waals surface area (Å²) in [6.07, 6.45) is 5.20. The van der Waals surface area contributed by atoms with Crippen molar-refractivity contribution in [2.45, 2.75) is 31.7 Å². The van der Waals surface area contributed by atoms with Crippen molar-refractivity contribution in [3.05, 3.63) is 29.8 Å². The Morgan fingerprint density at radius 3 is 2.75 bits per heavy atom. The lowest BCUT2D eigenvalue weighted by atomic mass is 9.96. The third-order valence-electron chi connectivity index (χ3n) is 3.35. The highest BCUT2D eigenvalue weighted by molar-refractivity contribution is 5.52. The molecule has 1 aliphatic heterocycles. The van der Waals surface area contributed by atoms with Gasteiger partial charge in [0.15, 0.2) is 0 Å². The molecule has 1 aromatic carbocycles. The third-order valence-corrected chi connectivity index (χ3v) is 3.35. The molecule has 1 atom stereocenters. The van der Waals surface area contributed by atoms with E-state index in [9.17, 15) is 0 Å². The summed E-state index contributed by atoms with van der Waals surface area (Å²) in [6, 6.07) is 9.40. The lowest BCUT2D eigenvalue weighted by Gasteiger charge is -2.25. The molecule has 1 heterocycles. The number of hydrogen-bond donors (Lipinski definition) is 1. The molecule has 0 radical (unpaired) electrons. The average molecular weight is 218 g/mol. The van der Waals surface area contributed by atoms with Crippen LogP contribution >= 0.6 is 0 Å². The minimum absolute atomic E-state index is 0.676. The highest BCUT2D eigenvalue weighted by Gasteiger charge is 2.14. The van der Waals surface area contributed by atoms with Crippen molar-refractivity contribution in [2.24, 2.45) is 0 Å². The fraction of sp³-hybridized carbons (Fsp3) is 0.571. The molecule has 0 bridgehead atoms. The van der Waals surface area contributed by atoms with Gasteiger partial charge in [-0.25, -0.2) is 0 Å². The monoisotopic (exact) mass is 218 g/mol. The van der Waals surface area contributed by atoms with Gasteiger partial charge in [-0.2, -0.15) is 0 Å². The molecule has 0 spiro atoms. The van der Waals surface area contributed by atoms with Gasteiger partial charge < -0.3 is 10.2 Å². The highest BCUT2D eigenvalue weighted by atomic mass is 15.1. The standard InChI is InChI=1S/C14H22N2/c1-16(2)14-9-4-3-7-12(14)11-13-8-5-6-10-15-13/h3-4,7,9,13,15H,5-6,8,10-11H2,1-2H3. The minimum Gasteiger partial charge on any atom is -0.377 e. The lowest BCUT2D eigenvalue weighted by molar-refractivity contribution is 0.399. The van der Waals surface area contributed by atoms with Crippen LogP contribution in [0.25, 0.3) is 0 Å². The summed E-state index contributed by atoms with van der Waals surface area (Å²) in [5, 5.41) is 3.62. The molecule has 1 aliphatic rings. The quantitative estimate of drug-likeness (QED) is 0.838. The first-order chi connectivity index (χ1) is 7.77. The molecular formula is C14H22N2. The van der Waals surface area contributed by atoms with Crippen molar-refractivity contribution in [2.75, 3.05) is 25.5 Å². The van der Waals surface area contributed by atoms with Crippen LogP contribution in [0.1, 0.15) is 24.8 Å². The first kappa shape index (κ1) is 11.5. The Hall–Kier alpha value is -1.02. The Balaban J connectivity index is 2.07. The van der Waals surface area contributed by atoms with Crippen LogP contribution in [-0.4, -0.2) is 26.7 Å². The van der Waals surface area contributed by atoms with Crippen LogP contribution in [0.2, 0.25) is 0 Å². The number of piperidine rings is 1. The fourth-order valence-electron chi connectivity index (χ4n) is 2.48. The molecule has 0 saturated carbocycles. The van der Waals surface area contributed by atoms with E-state index in [4.69, 9.17) is 0 Å². The number of rotatable bonds is 3. The zero-order valence-electron chi connectivity index (χ0n) is 10.4. The molecule has 0 aromatic heterocycles. The van der Waals surface area contributed by atoms with E-state index >= 15 is 0 Å². The summed E-state index contributed by atoms with van der Waals surface area (Å²) >= 11 is 0. The largest absolute Gasteiger partial charge is 0.377 e. The third kappa shape index (κ3) is 2.76. The van der Waals surface area contributed by atoms with Crippen molar-refractivity contribution in [3.8, 4) is 0 Å². The van der Waals surface area contributed by atoms with Gasteiger partial charge in [-0.1, -0.05) is 24.6 Å².